The molecule has 15 heavy (non-hydrogen) atoms. The topological polar surface area (TPSA) is 12.0 Å². The minimum Gasteiger partial charge on any atom is -0.314 e. The van der Waals surface area contributed by atoms with Gasteiger partial charge < -0.3 is 5.32 Å². The minimum atomic E-state index is 0.702. The smallest absolute Gasteiger partial charge is 0.00981 e. The van der Waals surface area contributed by atoms with Crippen molar-refractivity contribution >= 4 is 0 Å². The number of hydrogen-bond acceptors (Lipinski definition) is 1. The summed E-state index contributed by atoms with van der Waals surface area (Å²) in [5, 5.41) is 3.64. The van der Waals surface area contributed by atoms with Gasteiger partial charge >= 0.3 is 0 Å². The van der Waals surface area contributed by atoms with E-state index in [2.05, 4.69) is 32.7 Å². The summed E-state index contributed by atoms with van der Waals surface area (Å²) in [5.74, 6) is 0.861. The van der Waals surface area contributed by atoms with Gasteiger partial charge in [0.2, 0.25) is 0 Å². The predicted octanol–water partition coefficient (Wildman–Crippen LogP) is 4.15. The molecule has 0 heterocycles. The van der Waals surface area contributed by atoms with E-state index in [0.717, 1.165) is 18.9 Å². The van der Waals surface area contributed by atoms with Gasteiger partial charge in [0.05, 0.1) is 0 Å². The molecule has 1 N–H and O–H groups in total. The average Bonchev–Trinajstić information content (AvgIpc) is 2.24. The fraction of sp³-hybridized carbons (Fsp3) is 0.857. The summed E-state index contributed by atoms with van der Waals surface area (Å²) in [6, 6.07) is 0.702. The molecule has 0 saturated heterocycles. The molecule has 0 aliphatic heterocycles. The van der Waals surface area contributed by atoms with E-state index in [-0.39, 0.29) is 0 Å². The summed E-state index contributed by atoms with van der Waals surface area (Å²) in [7, 11) is 0. The van der Waals surface area contributed by atoms with Crippen molar-refractivity contribution in [2.75, 3.05) is 6.54 Å². The highest BCUT2D eigenvalue weighted by Crippen LogP contribution is 2.21. The lowest BCUT2D eigenvalue weighted by Crippen LogP contribution is -2.36. The van der Waals surface area contributed by atoms with E-state index in [0.29, 0.717) is 6.04 Å². The SMILES string of the molecule is C=CCCC(NCC)C(CCC)CCC. The quantitative estimate of drug-likeness (QED) is 0.535. The zero-order valence-corrected chi connectivity index (χ0v) is 10.9. The van der Waals surface area contributed by atoms with Crippen molar-refractivity contribution in [1.29, 1.82) is 0 Å². The third-order valence-corrected chi connectivity index (χ3v) is 3.04. The summed E-state index contributed by atoms with van der Waals surface area (Å²) in [6.45, 7) is 11.7. The van der Waals surface area contributed by atoms with Crippen LogP contribution in [0.25, 0.3) is 0 Å². The fourth-order valence-corrected chi connectivity index (χ4v) is 2.35. The monoisotopic (exact) mass is 211 g/mol. The van der Waals surface area contributed by atoms with Crippen LogP contribution in [-0.2, 0) is 0 Å². The Morgan fingerprint density at radius 2 is 1.67 bits per heavy atom. The Bertz CT molecular complexity index is 136. The number of hydrogen-bond donors (Lipinski definition) is 1. The van der Waals surface area contributed by atoms with Gasteiger partial charge in [-0.05, 0) is 38.1 Å². The third-order valence-electron chi connectivity index (χ3n) is 3.04. The Labute approximate surface area is 96.3 Å². The zero-order chi connectivity index (χ0) is 11.5. The number of rotatable bonds is 10. The molecule has 0 radical (unpaired) electrons. The van der Waals surface area contributed by atoms with Gasteiger partial charge in [0.25, 0.3) is 0 Å². The van der Waals surface area contributed by atoms with Gasteiger partial charge in [-0.15, -0.1) is 6.58 Å². The molecule has 1 heteroatoms. The van der Waals surface area contributed by atoms with E-state index in [1.807, 2.05) is 6.08 Å². The van der Waals surface area contributed by atoms with Crippen LogP contribution in [0.2, 0.25) is 0 Å². The van der Waals surface area contributed by atoms with Crippen LogP contribution < -0.4 is 5.32 Å². The van der Waals surface area contributed by atoms with Gasteiger partial charge in [-0.25, -0.2) is 0 Å². The van der Waals surface area contributed by atoms with E-state index in [1.165, 1.54) is 32.1 Å². The number of allylic oxidation sites excluding steroid dienone is 1. The summed E-state index contributed by atoms with van der Waals surface area (Å²) in [4.78, 5) is 0. The Morgan fingerprint density at radius 1 is 1.07 bits per heavy atom. The van der Waals surface area contributed by atoms with Gasteiger partial charge in [0, 0.05) is 6.04 Å². The van der Waals surface area contributed by atoms with Crippen LogP contribution in [0.5, 0.6) is 0 Å². The predicted molar refractivity (Wildman–Crippen MR) is 70.2 cm³/mol. The Morgan fingerprint density at radius 3 is 2.07 bits per heavy atom. The van der Waals surface area contributed by atoms with Crippen LogP contribution >= 0.6 is 0 Å². The van der Waals surface area contributed by atoms with E-state index in [9.17, 15) is 0 Å². The second-order valence-corrected chi connectivity index (χ2v) is 4.37. The summed E-state index contributed by atoms with van der Waals surface area (Å²) < 4.78 is 0. The lowest BCUT2D eigenvalue weighted by molar-refractivity contribution is 0.301. The lowest BCUT2D eigenvalue weighted by Gasteiger charge is -2.27. The molecular formula is C14H29N. The van der Waals surface area contributed by atoms with Gasteiger partial charge in [0.15, 0.2) is 0 Å². The molecule has 0 aromatic carbocycles. The van der Waals surface area contributed by atoms with E-state index < -0.39 is 0 Å². The standard InChI is InChI=1S/C14H29N/c1-5-9-12-14(15-8-4)13(10-6-2)11-7-3/h5,13-15H,1,6-12H2,2-4H3. The highest BCUT2D eigenvalue weighted by molar-refractivity contribution is 4.79. The molecule has 0 aromatic rings. The molecule has 0 fully saturated rings. The van der Waals surface area contributed by atoms with Crippen LogP contribution in [0.15, 0.2) is 12.7 Å². The van der Waals surface area contributed by atoms with E-state index in [1.54, 1.807) is 0 Å². The van der Waals surface area contributed by atoms with Crippen molar-refractivity contribution in [3.63, 3.8) is 0 Å². The van der Waals surface area contributed by atoms with Crippen LogP contribution in [0.1, 0.15) is 59.3 Å². The molecule has 0 aliphatic rings. The molecule has 0 aliphatic carbocycles. The maximum atomic E-state index is 3.82. The second kappa shape index (κ2) is 10.2. The third kappa shape index (κ3) is 6.72. The van der Waals surface area contributed by atoms with Crippen molar-refractivity contribution in [3.8, 4) is 0 Å². The van der Waals surface area contributed by atoms with Gasteiger partial charge in [-0.1, -0.05) is 39.7 Å². The Balaban J connectivity index is 4.15. The Hall–Kier alpha value is -0.300. The van der Waals surface area contributed by atoms with Crippen LogP contribution in [0.3, 0.4) is 0 Å². The summed E-state index contributed by atoms with van der Waals surface area (Å²) >= 11 is 0. The molecule has 90 valence electrons. The first-order valence-electron chi connectivity index (χ1n) is 6.64. The first kappa shape index (κ1) is 14.7. The normalized spacial score (nSPS) is 13.1. The maximum absolute atomic E-state index is 3.82. The molecule has 1 atom stereocenters. The van der Waals surface area contributed by atoms with Gasteiger partial charge in [-0.2, -0.15) is 0 Å². The summed E-state index contributed by atoms with van der Waals surface area (Å²) in [5.41, 5.74) is 0. The first-order chi connectivity index (χ1) is 7.29. The molecule has 0 rings (SSSR count). The zero-order valence-electron chi connectivity index (χ0n) is 10.9. The molecule has 1 nitrogen and oxygen atoms in total. The molecule has 0 aromatic heterocycles. The van der Waals surface area contributed by atoms with Crippen LogP contribution in [0.4, 0.5) is 0 Å². The second-order valence-electron chi connectivity index (χ2n) is 4.37. The van der Waals surface area contributed by atoms with E-state index >= 15 is 0 Å². The first-order valence-corrected chi connectivity index (χ1v) is 6.64. The minimum absolute atomic E-state index is 0.702. The van der Waals surface area contributed by atoms with Crippen molar-refractivity contribution in [2.24, 2.45) is 5.92 Å². The molecular weight excluding hydrogens is 182 g/mol. The molecule has 0 amide bonds. The Kier molecular flexibility index (Phi) is 10.0. The van der Waals surface area contributed by atoms with Crippen molar-refractivity contribution in [1.82, 2.24) is 5.32 Å². The van der Waals surface area contributed by atoms with Gasteiger partial charge in [-0.3, -0.25) is 0 Å². The molecule has 0 spiro atoms. The van der Waals surface area contributed by atoms with Crippen LogP contribution in [0, 0.1) is 5.92 Å². The van der Waals surface area contributed by atoms with Crippen molar-refractivity contribution in [3.05, 3.63) is 12.7 Å². The van der Waals surface area contributed by atoms with Gasteiger partial charge in [0.1, 0.15) is 0 Å². The van der Waals surface area contributed by atoms with E-state index in [4.69, 9.17) is 0 Å². The fourth-order valence-electron chi connectivity index (χ4n) is 2.35. The molecule has 1 unspecified atom stereocenters. The highest BCUT2D eigenvalue weighted by atomic mass is 14.9. The van der Waals surface area contributed by atoms with Crippen molar-refractivity contribution < 1.29 is 0 Å². The molecule has 0 saturated carbocycles. The average molecular weight is 211 g/mol. The van der Waals surface area contributed by atoms with Crippen LogP contribution in [-0.4, -0.2) is 12.6 Å². The largest absolute Gasteiger partial charge is 0.314 e. The summed E-state index contributed by atoms with van der Waals surface area (Å²) in [6.07, 6.45) is 9.77. The number of nitrogens with one attached hydrogen (secondary N) is 1. The van der Waals surface area contributed by atoms with Crippen molar-refractivity contribution in [2.45, 2.75) is 65.3 Å². The highest BCUT2D eigenvalue weighted by Gasteiger charge is 2.18. The lowest BCUT2D eigenvalue weighted by atomic mass is 9.88. The molecule has 0 bridgehead atoms. The maximum Gasteiger partial charge on any atom is 0.00981 e.